The van der Waals surface area contributed by atoms with Crippen LogP contribution in [-0.2, 0) is 22.6 Å². The summed E-state index contributed by atoms with van der Waals surface area (Å²) in [4.78, 5) is 31.1. The second kappa shape index (κ2) is 6.02. The highest BCUT2D eigenvalue weighted by molar-refractivity contribution is 5.86. The molecule has 110 valence electrons. The lowest BCUT2D eigenvalue weighted by Crippen LogP contribution is -2.39. The Morgan fingerprint density at radius 1 is 1.55 bits per heavy atom. The lowest BCUT2D eigenvalue weighted by Gasteiger charge is -2.20. The molecule has 1 aromatic rings. The highest BCUT2D eigenvalue weighted by Gasteiger charge is 2.30. The Labute approximate surface area is 117 Å². The number of hydrogen-bond acceptors (Lipinski definition) is 5. The number of hydrogen-bond donors (Lipinski definition) is 0. The number of likely N-dealkylation sites (N-methyl/N-ethyl adjacent to an activating group) is 1. The molecule has 1 aliphatic rings. The molecule has 2 rings (SSSR count). The Bertz CT molecular complexity index is 500. The normalized spacial score (nSPS) is 18.6. The lowest BCUT2D eigenvalue weighted by atomic mass is 10.1. The summed E-state index contributed by atoms with van der Waals surface area (Å²) in [5, 5.41) is 3.81. The van der Waals surface area contributed by atoms with Crippen LogP contribution in [0, 0.1) is 5.92 Å². The maximum absolute atomic E-state index is 12.1. The summed E-state index contributed by atoms with van der Waals surface area (Å²) in [7, 11) is 1.67. The van der Waals surface area contributed by atoms with Crippen LogP contribution < -0.4 is 0 Å². The zero-order valence-corrected chi connectivity index (χ0v) is 12.1. The van der Waals surface area contributed by atoms with Gasteiger partial charge in [0.1, 0.15) is 0 Å². The van der Waals surface area contributed by atoms with Crippen molar-refractivity contribution in [1.82, 2.24) is 19.9 Å². The van der Waals surface area contributed by atoms with E-state index < -0.39 is 0 Å². The van der Waals surface area contributed by atoms with E-state index in [0.717, 1.165) is 6.42 Å². The fraction of sp³-hybridized carbons (Fsp3) is 0.692. The second-order valence-corrected chi connectivity index (χ2v) is 5.16. The number of aryl methyl sites for hydroxylation is 1. The molecule has 7 nitrogen and oxygen atoms in total. The first-order valence-corrected chi connectivity index (χ1v) is 6.85. The molecule has 0 radical (unpaired) electrons. The molecule has 0 saturated carbocycles. The van der Waals surface area contributed by atoms with Crippen LogP contribution in [-0.4, -0.2) is 51.9 Å². The molecule has 0 bridgehead atoms. The van der Waals surface area contributed by atoms with Gasteiger partial charge in [0.2, 0.25) is 17.7 Å². The maximum atomic E-state index is 12.1. The Kier molecular flexibility index (Phi) is 4.36. The minimum atomic E-state index is -0.115. The summed E-state index contributed by atoms with van der Waals surface area (Å²) in [5.41, 5.74) is 0. The van der Waals surface area contributed by atoms with Crippen molar-refractivity contribution >= 4 is 11.8 Å². The fourth-order valence-electron chi connectivity index (χ4n) is 2.13. The van der Waals surface area contributed by atoms with Crippen molar-refractivity contribution in [2.24, 2.45) is 5.92 Å². The quantitative estimate of drug-likeness (QED) is 0.782. The van der Waals surface area contributed by atoms with Crippen molar-refractivity contribution in [3.63, 3.8) is 0 Å². The van der Waals surface area contributed by atoms with Crippen LogP contribution in [0.1, 0.15) is 32.0 Å². The summed E-state index contributed by atoms with van der Waals surface area (Å²) in [6.45, 7) is 4.88. The molecular weight excluding hydrogens is 260 g/mol. The number of rotatable bonds is 5. The van der Waals surface area contributed by atoms with Gasteiger partial charge in [-0.25, -0.2) is 0 Å². The van der Waals surface area contributed by atoms with E-state index in [1.165, 1.54) is 4.90 Å². The minimum absolute atomic E-state index is 0.0254. The molecule has 0 N–H and O–H groups in total. The van der Waals surface area contributed by atoms with E-state index in [-0.39, 0.29) is 24.3 Å². The van der Waals surface area contributed by atoms with Gasteiger partial charge < -0.3 is 14.3 Å². The summed E-state index contributed by atoms with van der Waals surface area (Å²) in [6, 6.07) is 0. The Morgan fingerprint density at radius 2 is 2.30 bits per heavy atom. The highest BCUT2D eigenvalue weighted by atomic mass is 16.5. The van der Waals surface area contributed by atoms with Gasteiger partial charge in [0, 0.05) is 25.9 Å². The van der Waals surface area contributed by atoms with Gasteiger partial charge in [0.05, 0.1) is 13.1 Å². The van der Waals surface area contributed by atoms with E-state index in [0.29, 0.717) is 31.2 Å². The van der Waals surface area contributed by atoms with Gasteiger partial charge in [-0.15, -0.1) is 0 Å². The predicted molar refractivity (Wildman–Crippen MR) is 70.5 cm³/mol. The number of nitrogens with zero attached hydrogens (tertiary/aromatic N) is 4. The minimum Gasteiger partial charge on any atom is -0.339 e. The number of carbonyl (C=O) groups is 2. The monoisotopic (exact) mass is 280 g/mol. The van der Waals surface area contributed by atoms with E-state index in [9.17, 15) is 9.59 Å². The van der Waals surface area contributed by atoms with Crippen molar-refractivity contribution in [3.05, 3.63) is 11.7 Å². The molecule has 0 unspecified atom stereocenters. The number of amides is 2. The van der Waals surface area contributed by atoms with E-state index in [4.69, 9.17) is 4.52 Å². The van der Waals surface area contributed by atoms with Crippen molar-refractivity contribution in [1.29, 1.82) is 0 Å². The molecule has 1 saturated heterocycles. The number of likely N-dealkylation sites (tertiary alicyclic amines) is 1. The van der Waals surface area contributed by atoms with Gasteiger partial charge in [-0.2, -0.15) is 4.98 Å². The molecule has 1 aromatic heterocycles. The van der Waals surface area contributed by atoms with Gasteiger partial charge in [-0.3, -0.25) is 9.59 Å². The summed E-state index contributed by atoms with van der Waals surface area (Å²) >= 11 is 0. The molecule has 20 heavy (non-hydrogen) atoms. The van der Waals surface area contributed by atoms with Crippen molar-refractivity contribution in [2.75, 3.05) is 20.1 Å². The van der Waals surface area contributed by atoms with Gasteiger partial charge >= 0.3 is 0 Å². The van der Waals surface area contributed by atoms with Crippen LogP contribution in [0.15, 0.2) is 4.52 Å². The average Bonchev–Trinajstić information content (AvgIpc) is 3.00. The molecule has 2 amide bonds. The van der Waals surface area contributed by atoms with Gasteiger partial charge in [0.25, 0.3) is 0 Å². The summed E-state index contributed by atoms with van der Waals surface area (Å²) in [5.74, 6) is 1.01. The molecule has 1 fully saturated rings. The molecule has 0 aliphatic carbocycles. The van der Waals surface area contributed by atoms with Crippen molar-refractivity contribution in [3.8, 4) is 0 Å². The van der Waals surface area contributed by atoms with Crippen LogP contribution in [0.3, 0.4) is 0 Å². The molecule has 7 heteroatoms. The molecule has 0 spiro atoms. The van der Waals surface area contributed by atoms with Crippen LogP contribution >= 0.6 is 0 Å². The summed E-state index contributed by atoms with van der Waals surface area (Å²) < 4.78 is 5.00. The average molecular weight is 280 g/mol. The Morgan fingerprint density at radius 3 is 2.85 bits per heavy atom. The Hall–Kier alpha value is -1.92. The first kappa shape index (κ1) is 14.5. The van der Waals surface area contributed by atoms with Crippen molar-refractivity contribution in [2.45, 2.75) is 33.2 Å². The van der Waals surface area contributed by atoms with Crippen LogP contribution in [0.2, 0.25) is 0 Å². The molecular formula is C13H20N4O3. The zero-order chi connectivity index (χ0) is 14.7. The first-order chi connectivity index (χ1) is 9.51. The van der Waals surface area contributed by atoms with E-state index in [1.54, 1.807) is 11.9 Å². The topological polar surface area (TPSA) is 79.5 Å². The second-order valence-electron chi connectivity index (χ2n) is 5.16. The highest BCUT2D eigenvalue weighted by Crippen LogP contribution is 2.16. The Balaban J connectivity index is 1.87. The van der Waals surface area contributed by atoms with Gasteiger partial charge in [0.15, 0.2) is 5.82 Å². The van der Waals surface area contributed by atoms with Crippen LogP contribution in [0.5, 0.6) is 0 Å². The largest absolute Gasteiger partial charge is 0.339 e. The molecule has 0 aromatic carbocycles. The van der Waals surface area contributed by atoms with E-state index in [2.05, 4.69) is 10.1 Å². The maximum Gasteiger partial charge on any atom is 0.242 e. The lowest BCUT2D eigenvalue weighted by molar-refractivity contribution is -0.139. The third-order valence-electron chi connectivity index (χ3n) is 3.51. The number of aromatic nitrogens is 2. The predicted octanol–water partition coefficient (Wildman–Crippen LogP) is 0.459. The van der Waals surface area contributed by atoms with Gasteiger partial charge in [-0.05, 0) is 6.42 Å². The fourth-order valence-corrected chi connectivity index (χ4v) is 2.13. The summed E-state index contributed by atoms with van der Waals surface area (Å²) in [6.07, 6.45) is 1.49. The third-order valence-corrected chi connectivity index (χ3v) is 3.51. The third kappa shape index (κ3) is 3.15. The van der Waals surface area contributed by atoms with E-state index >= 15 is 0 Å². The van der Waals surface area contributed by atoms with E-state index in [1.807, 2.05) is 13.8 Å². The van der Waals surface area contributed by atoms with Crippen LogP contribution in [0.25, 0.3) is 0 Å². The van der Waals surface area contributed by atoms with Gasteiger partial charge in [-0.1, -0.05) is 19.0 Å². The standard InChI is InChI=1S/C13H20N4O3/c1-4-11-14-10(15-20-11)7-16(3)12(18)8-17-6-5-9(2)13(17)19/h9H,4-8H2,1-3H3/t9-/m1/s1. The zero-order valence-electron chi connectivity index (χ0n) is 12.1. The molecule has 2 heterocycles. The van der Waals surface area contributed by atoms with Crippen molar-refractivity contribution < 1.29 is 14.1 Å². The first-order valence-electron chi connectivity index (χ1n) is 6.85. The van der Waals surface area contributed by atoms with Crippen LogP contribution in [0.4, 0.5) is 0 Å². The molecule has 1 aliphatic heterocycles. The molecule has 1 atom stereocenters. The smallest absolute Gasteiger partial charge is 0.242 e. The SMILES string of the molecule is CCc1nc(CN(C)C(=O)CN2CC[C@@H](C)C2=O)no1. The number of carbonyl (C=O) groups excluding carboxylic acids is 2.